The van der Waals surface area contributed by atoms with Crippen LogP contribution in [0, 0.1) is 0 Å². The third-order valence-electron chi connectivity index (χ3n) is 1.42. The lowest BCUT2D eigenvalue weighted by molar-refractivity contribution is -0.335. The molecule has 1 aliphatic heterocycles. The molecule has 0 aromatic carbocycles. The Bertz CT molecular complexity index is 162. The standard InChI is InChI=1S/C6H9Cl3O3/c1-5(2-7)10-6(3-8,4-9)12-11-5/h2-4H2,1H3. The zero-order chi connectivity index (χ0) is 9.24. The van der Waals surface area contributed by atoms with Gasteiger partial charge in [-0.25, -0.2) is 0 Å². The number of hydrogen-bond donors (Lipinski definition) is 0. The average Bonchev–Trinajstić information content (AvgIpc) is 2.46. The van der Waals surface area contributed by atoms with Crippen LogP contribution in [-0.2, 0) is 14.5 Å². The molecule has 0 aromatic heterocycles. The van der Waals surface area contributed by atoms with Gasteiger partial charge in [0.1, 0.15) is 0 Å². The topological polar surface area (TPSA) is 27.7 Å². The van der Waals surface area contributed by atoms with Crippen molar-refractivity contribution in [1.29, 1.82) is 0 Å². The molecule has 0 N–H and O–H groups in total. The molecule has 1 aliphatic rings. The van der Waals surface area contributed by atoms with Crippen molar-refractivity contribution in [2.24, 2.45) is 0 Å². The van der Waals surface area contributed by atoms with Crippen LogP contribution in [-0.4, -0.2) is 29.2 Å². The summed E-state index contributed by atoms with van der Waals surface area (Å²) in [6.45, 7) is 1.65. The van der Waals surface area contributed by atoms with E-state index in [0.717, 1.165) is 0 Å². The van der Waals surface area contributed by atoms with Crippen LogP contribution >= 0.6 is 34.8 Å². The van der Waals surface area contributed by atoms with E-state index in [4.69, 9.17) is 49.3 Å². The normalized spacial score (nSPS) is 34.0. The Kier molecular flexibility index (Phi) is 3.49. The molecule has 0 amide bonds. The summed E-state index contributed by atoms with van der Waals surface area (Å²) in [7, 11) is 0. The minimum absolute atomic E-state index is 0.100. The van der Waals surface area contributed by atoms with Gasteiger partial charge in [-0.3, -0.25) is 0 Å². The summed E-state index contributed by atoms with van der Waals surface area (Å²) in [5.41, 5.74) is 0. The van der Waals surface area contributed by atoms with E-state index < -0.39 is 11.6 Å². The zero-order valence-electron chi connectivity index (χ0n) is 6.48. The predicted molar refractivity (Wildman–Crippen MR) is 46.6 cm³/mol. The summed E-state index contributed by atoms with van der Waals surface area (Å²) < 4.78 is 5.34. The average molecular weight is 235 g/mol. The second-order valence-corrected chi connectivity index (χ2v) is 3.52. The van der Waals surface area contributed by atoms with Crippen LogP contribution in [0.3, 0.4) is 0 Å². The summed E-state index contributed by atoms with van der Waals surface area (Å²) >= 11 is 16.8. The lowest BCUT2D eigenvalue weighted by atomic mass is 10.3. The Balaban J connectivity index is 2.64. The summed E-state index contributed by atoms with van der Waals surface area (Å²) in [6.07, 6.45) is 0. The number of ether oxygens (including phenoxy) is 1. The van der Waals surface area contributed by atoms with Gasteiger partial charge in [-0.05, 0) is 6.92 Å². The first-order valence-electron chi connectivity index (χ1n) is 3.35. The van der Waals surface area contributed by atoms with Crippen molar-refractivity contribution in [3.63, 3.8) is 0 Å². The van der Waals surface area contributed by atoms with Crippen LogP contribution in [0.5, 0.6) is 0 Å². The Morgan fingerprint density at radius 2 is 1.58 bits per heavy atom. The minimum atomic E-state index is -1.06. The monoisotopic (exact) mass is 234 g/mol. The van der Waals surface area contributed by atoms with Gasteiger partial charge in [0, 0.05) is 0 Å². The fraction of sp³-hybridized carbons (Fsp3) is 1.00. The van der Waals surface area contributed by atoms with E-state index in [1.165, 1.54) is 0 Å². The SMILES string of the molecule is CC1(CCl)OOC(CCl)(CCl)O1. The fourth-order valence-corrected chi connectivity index (χ4v) is 1.36. The van der Waals surface area contributed by atoms with Crippen molar-refractivity contribution >= 4 is 34.8 Å². The van der Waals surface area contributed by atoms with Crippen LogP contribution in [0.1, 0.15) is 6.92 Å². The molecule has 3 nitrogen and oxygen atoms in total. The van der Waals surface area contributed by atoms with E-state index in [-0.39, 0.29) is 17.6 Å². The van der Waals surface area contributed by atoms with Crippen molar-refractivity contribution in [3.05, 3.63) is 0 Å². The second-order valence-electron chi connectivity index (χ2n) is 2.71. The zero-order valence-corrected chi connectivity index (χ0v) is 8.75. The molecule has 0 bridgehead atoms. The molecule has 1 fully saturated rings. The van der Waals surface area contributed by atoms with E-state index in [9.17, 15) is 0 Å². The molecule has 0 aromatic rings. The minimum Gasteiger partial charge on any atom is -0.309 e. The first-order chi connectivity index (χ1) is 5.60. The molecule has 0 radical (unpaired) electrons. The summed E-state index contributed by atoms with van der Waals surface area (Å²) in [5, 5.41) is 0. The molecule has 6 heteroatoms. The second kappa shape index (κ2) is 3.86. The van der Waals surface area contributed by atoms with Gasteiger partial charge in [0.2, 0.25) is 11.6 Å². The first kappa shape index (κ1) is 10.8. The third kappa shape index (κ3) is 1.97. The third-order valence-corrected chi connectivity index (χ3v) is 2.72. The molecule has 1 saturated heterocycles. The highest BCUT2D eigenvalue weighted by atomic mass is 35.5. The van der Waals surface area contributed by atoms with E-state index >= 15 is 0 Å². The number of rotatable bonds is 3. The lowest BCUT2D eigenvalue weighted by Gasteiger charge is -2.21. The quantitative estimate of drug-likeness (QED) is 0.554. The lowest BCUT2D eigenvalue weighted by Crippen LogP contribution is -2.39. The van der Waals surface area contributed by atoms with E-state index in [1.807, 2.05) is 0 Å². The van der Waals surface area contributed by atoms with Crippen LogP contribution in [0.25, 0.3) is 0 Å². The van der Waals surface area contributed by atoms with Gasteiger partial charge in [-0.15, -0.1) is 34.8 Å². The highest BCUT2D eigenvalue weighted by Gasteiger charge is 2.49. The van der Waals surface area contributed by atoms with Crippen molar-refractivity contribution in [2.45, 2.75) is 18.5 Å². The van der Waals surface area contributed by atoms with Gasteiger partial charge in [0.05, 0.1) is 17.6 Å². The maximum Gasteiger partial charge on any atom is 0.231 e. The smallest absolute Gasteiger partial charge is 0.231 e. The number of hydrogen-bond acceptors (Lipinski definition) is 3. The number of halogens is 3. The maximum atomic E-state index is 5.59. The van der Waals surface area contributed by atoms with Crippen LogP contribution in [0.15, 0.2) is 0 Å². The van der Waals surface area contributed by atoms with Gasteiger partial charge < -0.3 is 4.74 Å². The van der Waals surface area contributed by atoms with Gasteiger partial charge in [-0.2, -0.15) is 9.78 Å². The number of alkyl halides is 3. The molecule has 0 aliphatic carbocycles. The van der Waals surface area contributed by atoms with E-state index in [0.29, 0.717) is 0 Å². The highest BCUT2D eigenvalue weighted by Crippen LogP contribution is 2.35. The maximum absolute atomic E-state index is 5.59. The largest absolute Gasteiger partial charge is 0.309 e. The van der Waals surface area contributed by atoms with Crippen LogP contribution < -0.4 is 0 Å². The summed E-state index contributed by atoms with van der Waals surface area (Å²) in [6, 6.07) is 0. The first-order valence-corrected chi connectivity index (χ1v) is 4.95. The Hall–Kier alpha value is 0.750. The highest BCUT2D eigenvalue weighted by molar-refractivity contribution is 6.21. The molecular formula is C6H9Cl3O3. The Labute approximate surface area is 85.7 Å². The van der Waals surface area contributed by atoms with Crippen molar-refractivity contribution in [2.75, 3.05) is 17.6 Å². The molecule has 1 heterocycles. The molecular weight excluding hydrogens is 226 g/mol. The van der Waals surface area contributed by atoms with Gasteiger partial charge in [0.25, 0.3) is 0 Å². The summed E-state index contributed by atoms with van der Waals surface area (Å²) in [5.74, 6) is -1.66. The fourth-order valence-electron chi connectivity index (χ4n) is 0.776. The predicted octanol–water partition coefficient (Wildman–Crippen LogP) is 2.09. The Morgan fingerprint density at radius 1 is 1.00 bits per heavy atom. The molecule has 12 heavy (non-hydrogen) atoms. The molecule has 1 unspecified atom stereocenters. The van der Waals surface area contributed by atoms with Crippen LogP contribution in [0.4, 0.5) is 0 Å². The summed E-state index contributed by atoms with van der Waals surface area (Å²) in [4.78, 5) is 9.74. The van der Waals surface area contributed by atoms with Gasteiger partial charge in [-0.1, -0.05) is 0 Å². The molecule has 72 valence electrons. The van der Waals surface area contributed by atoms with Crippen molar-refractivity contribution in [3.8, 4) is 0 Å². The molecule has 0 spiro atoms. The van der Waals surface area contributed by atoms with Gasteiger partial charge in [0.15, 0.2) is 0 Å². The molecule has 1 rings (SSSR count). The van der Waals surface area contributed by atoms with Crippen molar-refractivity contribution in [1.82, 2.24) is 0 Å². The Morgan fingerprint density at radius 3 is 1.83 bits per heavy atom. The van der Waals surface area contributed by atoms with Crippen molar-refractivity contribution < 1.29 is 14.5 Å². The van der Waals surface area contributed by atoms with E-state index in [2.05, 4.69) is 0 Å². The molecule has 0 saturated carbocycles. The molecule has 1 atom stereocenters. The van der Waals surface area contributed by atoms with Gasteiger partial charge >= 0.3 is 0 Å². The van der Waals surface area contributed by atoms with E-state index in [1.54, 1.807) is 6.92 Å². The van der Waals surface area contributed by atoms with Crippen LogP contribution in [0.2, 0.25) is 0 Å².